The zero-order valence-electron chi connectivity index (χ0n) is 13.0. The van der Waals surface area contributed by atoms with Gasteiger partial charge in [-0.05, 0) is 47.6 Å². The highest BCUT2D eigenvalue weighted by Gasteiger charge is 2.18. The number of benzene rings is 2. The summed E-state index contributed by atoms with van der Waals surface area (Å²) in [5.41, 5.74) is 3.50. The Labute approximate surface area is 130 Å². The lowest BCUT2D eigenvalue weighted by atomic mass is 9.83. The number of halogens is 1. The van der Waals surface area contributed by atoms with Crippen LogP contribution in [0, 0.1) is 11.7 Å². The van der Waals surface area contributed by atoms with Gasteiger partial charge in [0.1, 0.15) is 5.82 Å². The molecule has 1 nitrogen and oxygen atoms in total. The summed E-state index contributed by atoms with van der Waals surface area (Å²) in [4.78, 5) is 4.54. The highest BCUT2D eigenvalue weighted by Crippen LogP contribution is 2.30. The van der Waals surface area contributed by atoms with Gasteiger partial charge in [0.15, 0.2) is 0 Å². The van der Waals surface area contributed by atoms with Gasteiger partial charge in [-0.2, -0.15) is 0 Å². The Balaban J connectivity index is 1.98. The first-order valence-electron chi connectivity index (χ1n) is 7.73. The quantitative estimate of drug-likeness (QED) is 0.631. The van der Waals surface area contributed by atoms with Crippen LogP contribution in [-0.4, -0.2) is 4.98 Å². The number of fused-ring (bicyclic) bond motifs is 1. The fourth-order valence-corrected chi connectivity index (χ4v) is 3.02. The van der Waals surface area contributed by atoms with Gasteiger partial charge >= 0.3 is 0 Å². The monoisotopic (exact) mass is 293 g/mol. The maximum atomic E-state index is 13.2. The third-order valence-electron chi connectivity index (χ3n) is 4.26. The van der Waals surface area contributed by atoms with E-state index in [1.54, 1.807) is 12.1 Å². The first kappa shape index (κ1) is 14.7. The summed E-state index contributed by atoms with van der Waals surface area (Å²) in [6.45, 7) is 4.43. The van der Waals surface area contributed by atoms with Crippen LogP contribution in [0.1, 0.15) is 30.9 Å². The van der Waals surface area contributed by atoms with Gasteiger partial charge in [0, 0.05) is 11.6 Å². The van der Waals surface area contributed by atoms with Crippen LogP contribution in [0.2, 0.25) is 0 Å². The Morgan fingerprint density at radius 1 is 0.955 bits per heavy atom. The lowest BCUT2D eigenvalue weighted by Gasteiger charge is -2.22. The molecule has 0 radical (unpaired) electrons. The second kappa shape index (κ2) is 6.27. The van der Waals surface area contributed by atoms with Crippen LogP contribution in [0.25, 0.3) is 10.9 Å². The van der Waals surface area contributed by atoms with Gasteiger partial charge in [-0.15, -0.1) is 0 Å². The van der Waals surface area contributed by atoms with E-state index in [0.29, 0.717) is 11.8 Å². The summed E-state index contributed by atoms with van der Waals surface area (Å²) in [5.74, 6) is 0.649. The first-order valence-corrected chi connectivity index (χ1v) is 7.73. The van der Waals surface area contributed by atoms with E-state index in [1.165, 1.54) is 16.5 Å². The second-order valence-corrected chi connectivity index (χ2v) is 6.10. The summed E-state index contributed by atoms with van der Waals surface area (Å²) in [5, 5.41) is 1.17. The molecule has 0 N–H and O–H groups in total. The van der Waals surface area contributed by atoms with Gasteiger partial charge < -0.3 is 0 Å². The average Bonchev–Trinajstić information content (AvgIpc) is 2.53. The van der Waals surface area contributed by atoms with Crippen LogP contribution < -0.4 is 0 Å². The van der Waals surface area contributed by atoms with Crippen molar-refractivity contribution in [2.45, 2.75) is 26.2 Å². The molecule has 0 aliphatic carbocycles. The fourth-order valence-electron chi connectivity index (χ4n) is 3.02. The van der Waals surface area contributed by atoms with E-state index in [9.17, 15) is 4.39 Å². The molecule has 0 aliphatic rings. The highest BCUT2D eigenvalue weighted by molar-refractivity contribution is 5.81. The fraction of sp³-hybridized carbons (Fsp3) is 0.250. The SMILES string of the molecule is CC(C)C(Cc1cccc2cccnc12)c1ccc(F)cc1. The molecule has 0 saturated heterocycles. The van der Waals surface area contributed by atoms with Crippen LogP contribution >= 0.6 is 0 Å². The number of para-hydroxylation sites is 1. The van der Waals surface area contributed by atoms with Crippen molar-refractivity contribution in [3.05, 3.63) is 77.7 Å². The van der Waals surface area contributed by atoms with Crippen molar-refractivity contribution in [3.8, 4) is 0 Å². The van der Waals surface area contributed by atoms with E-state index in [-0.39, 0.29) is 5.82 Å². The maximum absolute atomic E-state index is 13.2. The van der Waals surface area contributed by atoms with Crippen LogP contribution in [-0.2, 0) is 6.42 Å². The highest BCUT2D eigenvalue weighted by atomic mass is 19.1. The molecule has 3 aromatic rings. The van der Waals surface area contributed by atoms with E-state index in [4.69, 9.17) is 0 Å². The minimum Gasteiger partial charge on any atom is -0.256 e. The first-order chi connectivity index (χ1) is 10.6. The van der Waals surface area contributed by atoms with Crippen molar-refractivity contribution in [2.24, 2.45) is 5.92 Å². The summed E-state index contributed by atoms with van der Waals surface area (Å²) in [6, 6.07) is 17.3. The normalized spacial score (nSPS) is 12.7. The number of aromatic nitrogens is 1. The molecular formula is C20H20FN. The number of hydrogen-bond donors (Lipinski definition) is 0. The largest absolute Gasteiger partial charge is 0.256 e. The zero-order valence-corrected chi connectivity index (χ0v) is 13.0. The predicted octanol–water partition coefficient (Wildman–Crippen LogP) is 5.36. The van der Waals surface area contributed by atoms with Gasteiger partial charge in [-0.3, -0.25) is 4.98 Å². The maximum Gasteiger partial charge on any atom is 0.123 e. The van der Waals surface area contributed by atoms with Crippen molar-refractivity contribution in [3.63, 3.8) is 0 Å². The van der Waals surface area contributed by atoms with Crippen LogP contribution in [0.15, 0.2) is 60.8 Å². The lowest BCUT2D eigenvalue weighted by molar-refractivity contribution is 0.495. The molecule has 1 atom stereocenters. The molecule has 2 aromatic carbocycles. The molecule has 112 valence electrons. The predicted molar refractivity (Wildman–Crippen MR) is 89.4 cm³/mol. The van der Waals surface area contributed by atoms with E-state index in [2.05, 4.69) is 43.1 Å². The van der Waals surface area contributed by atoms with E-state index >= 15 is 0 Å². The Bertz CT molecular complexity index is 757. The van der Waals surface area contributed by atoms with E-state index in [1.807, 2.05) is 24.4 Å². The Kier molecular flexibility index (Phi) is 4.19. The molecule has 0 amide bonds. The summed E-state index contributed by atoms with van der Waals surface area (Å²) in [7, 11) is 0. The summed E-state index contributed by atoms with van der Waals surface area (Å²) in [6.07, 6.45) is 2.76. The molecule has 22 heavy (non-hydrogen) atoms. The molecule has 0 fully saturated rings. The second-order valence-electron chi connectivity index (χ2n) is 6.10. The lowest BCUT2D eigenvalue weighted by Crippen LogP contribution is -2.10. The zero-order chi connectivity index (χ0) is 15.5. The smallest absolute Gasteiger partial charge is 0.123 e. The van der Waals surface area contributed by atoms with Crippen molar-refractivity contribution >= 4 is 10.9 Å². The molecule has 1 unspecified atom stereocenters. The molecule has 0 saturated carbocycles. The number of pyridine rings is 1. The average molecular weight is 293 g/mol. The number of nitrogens with zero attached hydrogens (tertiary/aromatic N) is 1. The Hall–Kier alpha value is -2.22. The van der Waals surface area contributed by atoms with Crippen LogP contribution in [0.4, 0.5) is 4.39 Å². The van der Waals surface area contributed by atoms with Gasteiger partial charge in [-0.25, -0.2) is 4.39 Å². The molecule has 1 aromatic heterocycles. The third-order valence-corrected chi connectivity index (χ3v) is 4.26. The van der Waals surface area contributed by atoms with E-state index in [0.717, 1.165) is 11.9 Å². The summed E-state index contributed by atoms with van der Waals surface area (Å²) < 4.78 is 13.2. The molecule has 3 rings (SSSR count). The van der Waals surface area contributed by atoms with Gasteiger partial charge in [0.2, 0.25) is 0 Å². The van der Waals surface area contributed by atoms with Gasteiger partial charge in [-0.1, -0.05) is 50.2 Å². The van der Waals surface area contributed by atoms with Crippen LogP contribution in [0.3, 0.4) is 0 Å². The van der Waals surface area contributed by atoms with Gasteiger partial charge in [0.05, 0.1) is 5.52 Å². The molecular weight excluding hydrogens is 273 g/mol. The third kappa shape index (κ3) is 3.01. The molecule has 1 heterocycles. The van der Waals surface area contributed by atoms with Gasteiger partial charge in [0.25, 0.3) is 0 Å². The molecule has 0 aliphatic heterocycles. The van der Waals surface area contributed by atoms with Crippen molar-refractivity contribution in [1.82, 2.24) is 4.98 Å². The van der Waals surface area contributed by atoms with Crippen molar-refractivity contribution in [1.29, 1.82) is 0 Å². The Morgan fingerprint density at radius 2 is 1.68 bits per heavy atom. The minimum absolute atomic E-state index is 0.182. The van der Waals surface area contributed by atoms with Crippen molar-refractivity contribution < 1.29 is 4.39 Å². The topological polar surface area (TPSA) is 12.9 Å². The van der Waals surface area contributed by atoms with Crippen LogP contribution in [0.5, 0.6) is 0 Å². The molecule has 0 spiro atoms. The minimum atomic E-state index is -0.182. The number of hydrogen-bond acceptors (Lipinski definition) is 1. The standard InChI is InChI=1S/C20H20FN/c1-14(2)19(15-8-10-18(21)11-9-15)13-17-6-3-5-16-7-4-12-22-20(16)17/h3-12,14,19H,13H2,1-2H3. The number of rotatable bonds is 4. The molecule has 0 bridgehead atoms. The summed E-state index contributed by atoms with van der Waals surface area (Å²) >= 11 is 0. The Morgan fingerprint density at radius 3 is 2.41 bits per heavy atom. The molecule has 2 heteroatoms. The van der Waals surface area contributed by atoms with E-state index < -0.39 is 0 Å². The van der Waals surface area contributed by atoms with Crippen molar-refractivity contribution in [2.75, 3.05) is 0 Å².